The average Bonchev–Trinajstić information content (AvgIpc) is 2.18. The molecule has 0 aromatic heterocycles. The number of hydrogen-bond donors (Lipinski definition) is 0. The Balaban J connectivity index is 3.10. The van der Waals surface area contributed by atoms with E-state index in [2.05, 4.69) is 20.8 Å². The van der Waals surface area contributed by atoms with Gasteiger partial charge in [0.25, 0.3) is 0 Å². The normalized spacial score (nSPS) is 28.0. The molecule has 0 saturated carbocycles. The summed E-state index contributed by atoms with van der Waals surface area (Å²) < 4.78 is 14.0. The minimum absolute atomic E-state index is 0.0658. The summed E-state index contributed by atoms with van der Waals surface area (Å²) in [5, 5.41) is 0. The number of rotatable bonds is 2. The first-order chi connectivity index (χ1) is 6.86. The topological polar surface area (TPSA) is 0 Å². The summed E-state index contributed by atoms with van der Waals surface area (Å²) in [4.78, 5) is 0. The van der Waals surface area contributed by atoms with Crippen LogP contribution in [-0.2, 0) is 0 Å². The van der Waals surface area contributed by atoms with Crippen LogP contribution in [0.15, 0.2) is 22.3 Å². The molecule has 0 saturated heterocycles. The molecule has 2 atom stereocenters. The third-order valence-electron chi connectivity index (χ3n) is 3.67. The first kappa shape index (κ1) is 12.5. The molecule has 0 N–H and O–H groups in total. The molecule has 0 aromatic rings. The minimum atomic E-state index is -0.776. The Hall–Kier alpha value is -0.590. The Bertz CT molecular complexity index is 307. The summed E-state index contributed by atoms with van der Waals surface area (Å²) in [6, 6.07) is 0. The van der Waals surface area contributed by atoms with E-state index in [9.17, 15) is 4.39 Å². The van der Waals surface area contributed by atoms with Crippen LogP contribution in [0.4, 0.5) is 4.39 Å². The van der Waals surface area contributed by atoms with Gasteiger partial charge in [-0.05, 0) is 49.8 Å². The molecule has 0 heterocycles. The number of alkyl halides is 1. The van der Waals surface area contributed by atoms with Crippen LogP contribution in [0, 0.1) is 11.8 Å². The lowest BCUT2D eigenvalue weighted by Gasteiger charge is -2.31. The van der Waals surface area contributed by atoms with Gasteiger partial charge in [-0.3, -0.25) is 0 Å². The third-order valence-corrected chi connectivity index (χ3v) is 3.67. The number of hydrogen-bond acceptors (Lipinski definition) is 0. The van der Waals surface area contributed by atoms with E-state index >= 15 is 0 Å². The lowest BCUT2D eigenvalue weighted by Crippen LogP contribution is -2.23. The second-order valence-electron chi connectivity index (χ2n) is 5.25. The molecule has 86 valence electrons. The zero-order valence-electron chi connectivity index (χ0n) is 10.8. The van der Waals surface area contributed by atoms with E-state index in [1.54, 1.807) is 0 Å². The Morgan fingerprint density at radius 1 is 1.13 bits per heavy atom. The van der Waals surface area contributed by atoms with Crippen LogP contribution >= 0.6 is 0 Å². The molecule has 0 amide bonds. The highest BCUT2D eigenvalue weighted by Gasteiger charge is 2.29. The standard InChI is InChI=1S/C14H23F/c1-8(2)7-13-10(4)9(3)11(5)14(15)12(13)6/h8,12,14H,7H2,1-6H3. The summed E-state index contributed by atoms with van der Waals surface area (Å²) in [6.07, 6.45) is 0.250. The zero-order chi connectivity index (χ0) is 11.7. The fourth-order valence-corrected chi connectivity index (χ4v) is 2.42. The molecule has 1 aliphatic rings. The fraction of sp³-hybridized carbons (Fsp3) is 0.714. The van der Waals surface area contributed by atoms with E-state index < -0.39 is 6.17 Å². The minimum Gasteiger partial charge on any atom is -0.242 e. The van der Waals surface area contributed by atoms with Crippen LogP contribution in [0.3, 0.4) is 0 Å². The molecule has 0 aromatic carbocycles. The maximum Gasteiger partial charge on any atom is 0.128 e. The van der Waals surface area contributed by atoms with Crippen molar-refractivity contribution >= 4 is 0 Å². The predicted molar refractivity (Wildman–Crippen MR) is 64.6 cm³/mol. The maximum absolute atomic E-state index is 14.0. The van der Waals surface area contributed by atoms with Gasteiger partial charge in [-0.25, -0.2) is 4.39 Å². The maximum atomic E-state index is 14.0. The summed E-state index contributed by atoms with van der Waals surface area (Å²) in [5.74, 6) is 0.673. The molecule has 1 heteroatoms. The summed E-state index contributed by atoms with van der Waals surface area (Å²) >= 11 is 0. The highest BCUT2D eigenvalue weighted by molar-refractivity contribution is 5.43. The Morgan fingerprint density at radius 3 is 2.13 bits per heavy atom. The van der Waals surface area contributed by atoms with E-state index in [4.69, 9.17) is 0 Å². The van der Waals surface area contributed by atoms with Crippen molar-refractivity contribution in [2.24, 2.45) is 11.8 Å². The van der Waals surface area contributed by atoms with Gasteiger partial charge in [0, 0.05) is 5.92 Å². The molecule has 0 aliphatic heterocycles. The second-order valence-corrected chi connectivity index (χ2v) is 5.25. The lowest BCUT2D eigenvalue weighted by atomic mass is 9.77. The van der Waals surface area contributed by atoms with Gasteiger partial charge in [0.1, 0.15) is 6.17 Å². The van der Waals surface area contributed by atoms with Gasteiger partial charge in [0.2, 0.25) is 0 Å². The molecule has 0 bridgehead atoms. The van der Waals surface area contributed by atoms with E-state index in [-0.39, 0.29) is 5.92 Å². The summed E-state index contributed by atoms with van der Waals surface area (Å²) in [7, 11) is 0. The van der Waals surface area contributed by atoms with E-state index in [0.29, 0.717) is 5.92 Å². The van der Waals surface area contributed by atoms with Crippen molar-refractivity contribution in [3.8, 4) is 0 Å². The van der Waals surface area contributed by atoms with Crippen molar-refractivity contribution in [1.82, 2.24) is 0 Å². The Kier molecular flexibility index (Phi) is 3.75. The van der Waals surface area contributed by atoms with Crippen LogP contribution in [0.25, 0.3) is 0 Å². The lowest BCUT2D eigenvalue weighted by molar-refractivity contribution is 0.294. The van der Waals surface area contributed by atoms with Gasteiger partial charge < -0.3 is 0 Å². The quantitative estimate of drug-likeness (QED) is 0.621. The van der Waals surface area contributed by atoms with Crippen molar-refractivity contribution in [1.29, 1.82) is 0 Å². The van der Waals surface area contributed by atoms with Crippen molar-refractivity contribution in [2.75, 3.05) is 0 Å². The van der Waals surface area contributed by atoms with Gasteiger partial charge in [-0.15, -0.1) is 0 Å². The number of allylic oxidation sites excluding steroid dienone is 4. The third kappa shape index (κ3) is 2.32. The summed E-state index contributed by atoms with van der Waals surface area (Å²) in [5.41, 5.74) is 4.73. The largest absolute Gasteiger partial charge is 0.242 e. The predicted octanol–water partition coefficient (Wildman–Crippen LogP) is 4.67. The molecule has 0 spiro atoms. The molecular weight excluding hydrogens is 187 g/mol. The van der Waals surface area contributed by atoms with Crippen molar-refractivity contribution < 1.29 is 4.39 Å². The monoisotopic (exact) mass is 210 g/mol. The van der Waals surface area contributed by atoms with Crippen molar-refractivity contribution in [3.63, 3.8) is 0 Å². The highest BCUT2D eigenvalue weighted by Crippen LogP contribution is 2.38. The molecular formula is C14H23F. The molecule has 0 fully saturated rings. The van der Waals surface area contributed by atoms with Crippen molar-refractivity contribution in [3.05, 3.63) is 22.3 Å². The molecule has 1 aliphatic carbocycles. The van der Waals surface area contributed by atoms with E-state index in [1.807, 2.05) is 20.8 Å². The molecule has 15 heavy (non-hydrogen) atoms. The van der Waals surface area contributed by atoms with Crippen LogP contribution in [-0.4, -0.2) is 6.17 Å². The SMILES string of the molecule is CC1=C(CC(C)C)C(C)C(F)C(C)=C1C. The Morgan fingerprint density at radius 2 is 1.67 bits per heavy atom. The van der Waals surface area contributed by atoms with Crippen molar-refractivity contribution in [2.45, 2.75) is 54.1 Å². The smallest absolute Gasteiger partial charge is 0.128 e. The average molecular weight is 210 g/mol. The van der Waals surface area contributed by atoms with Gasteiger partial charge in [-0.1, -0.05) is 26.3 Å². The van der Waals surface area contributed by atoms with Crippen LogP contribution in [0.2, 0.25) is 0 Å². The van der Waals surface area contributed by atoms with E-state index in [1.165, 1.54) is 11.1 Å². The van der Waals surface area contributed by atoms with Crippen LogP contribution in [0.5, 0.6) is 0 Å². The zero-order valence-corrected chi connectivity index (χ0v) is 10.8. The first-order valence-electron chi connectivity index (χ1n) is 5.87. The van der Waals surface area contributed by atoms with Gasteiger partial charge in [0.05, 0.1) is 0 Å². The molecule has 1 rings (SSSR count). The Labute approximate surface area is 93.3 Å². The highest BCUT2D eigenvalue weighted by atomic mass is 19.1. The number of halogens is 1. The fourth-order valence-electron chi connectivity index (χ4n) is 2.42. The van der Waals surface area contributed by atoms with Gasteiger partial charge in [-0.2, -0.15) is 0 Å². The first-order valence-corrected chi connectivity index (χ1v) is 5.87. The van der Waals surface area contributed by atoms with Gasteiger partial charge >= 0.3 is 0 Å². The van der Waals surface area contributed by atoms with E-state index in [0.717, 1.165) is 17.6 Å². The molecule has 2 unspecified atom stereocenters. The van der Waals surface area contributed by atoms with Gasteiger partial charge in [0.15, 0.2) is 0 Å². The van der Waals surface area contributed by atoms with Crippen LogP contribution < -0.4 is 0 Å². The second kappa shape index (κ2) is 4.51. The van der Waals surface area contributed by atoms with Crippen LogP contribution in [0.1, 0.15) is 48.0 Å². The summed E-state index contributed by atoms with van der Waals surface area (Å²) in [6.45, 7) is 12.5. The molecule has 0 nitrogen and oxygen atoms in total. The molecule has 0 radical (unpaired) electrons.